The molecule has 0 bridgehead atoms. The minimum atomic E-state index is -3.13. The maximum Gasteiger partial charge on any atom is 0.233 e. The predicted molar refractivity (Wildman–Crippen MR) is 79.6 cm³/mol. The van der Waals surface area contributed by atoms with Crippen molar-refractivity contribution in [2.24, 2.45) is 7.05 Å². The van der Waals surface area contributed by atoms with Gasteiger partial charge in [-0.05, 0) is 23.3 Å². The van der Waals surface area contributed by atoms with E-state index in [2.05, 4.69) is 15.5 Å². The zero-order chi connectivity index (χ0) is 15.7. The molecule has 1 saturated carbocycles. The summed E-state index contributed by atoms with van der Waals surface area (Å²) >= 11 is 1.28. The Kier molecular flexibility index (Phi) is 4.37. The van der Waals surface area contributed by atoms with Gasteiger partial charge in [-0.15, -0.1) is 5.10 Å². The summed E-state index contributed by atoms with van der Waals surface area (Å²) in [4.78, 5) is 13.9. The molecule has 1 saturated heterocycles. The predicted octanol–water partition coefficient (Wildman–Crippen LogP) is -1.06. The van der Waals surface area contributed by atoms with Crippen LogP contribution in [0.2, 0.25) is 0 Å². The highest BCUT2D eigenvalue weighted by molar-refractivity contribution is 7.99. The number of piperazine rings is 1. The van der Waals surface area contributed by atoms with E-state index in [1.807, 2.05) is 0 Å². The van der Waals surface area contributed by atoms with Crippen LogP contribution in [0.25, 0.3) is 0 Å². The molecule has 0 unspecified atom stereocenters. The molecule has 1 aliphatic heterocycles. The monoisotopic (exact) mass is 346 g/mol. The number of hydrogen-bond acceptors (Lipinski definition) is 7. The zero-order valence-corrected chi connectivity index (χ0v) is 13.9. The Morgan fingerprint density at radius 3 is 2.50 bits per heavy atom. The molecule has 0 aromatic carbocycles. The van der Waals surface area contributed by atoms with Crippen LogP contribution < -0.4 is 0 Å². The van der Waals surface area contributed by atoms with E-state index in [0.717, 1.165) is 12.8 Å². The van der Waals surface area contributed by atoms with Crippen molar-refractivity contribution in [2.75, 3.05) is 31.9 Å². The first-order valence-corrected chi connectivity index (χ1v) is 9.59. The van der Waals surface area contributed by atoms with Crippen molar-refractivity contribution in [2.45, 2.75) is 23.2 Å². The van der Waals surface area contributed by atoms with Gasteiger partial charge in [0.2, 0.25) is 21.1 Å². The van der Waals surface area contributed by atoms with Gasteiger partial charge in [0.1, 0.15) is 0 Å². The van der Waals surface area contributed by atoms with E-state index >= 15 is 0 Å². The molecule has 1 aliphatic carbocycles. The van der Waals surface area contributed by atoms with Crippen LogP contribution in [0.15, 0.2) is 5.16 Å². The Morgan fingerprint density at radius 2 is 1.95 bits per heavy atom. The number of carbonyl (C=O) groups is 1. The second-order valence-electron chi connectivity index (χ2n) is 5.40. The van der Waals surface area contributed by atoms with E-state index in [1.165, 1.54) is 20.7 Å². The molecular formula is C11H18N6O3S2. The number of sulfonamides is 1. The second-order valence-corrected chi connectivity index (χ2v) is 8.55. The van der Waals surface area contributed by atoms with Gasteiger partial charge in [0, 0.05) is 33.2 Å². The molecule has 2 heterocycles. The number of amides is 1. The van der Waals surface area contributed by atoms with Crippen LogP contribution in [0.4, 0.5) is 0 Å². The standard InChI is InChI=1S/C11H18N6O3S2/c1-15-11(12-13-14-15)21-8-10(18)16-4-6-17(7-5-16)22(19,20)9-2-3-9/h9H,2-8H2,1H3. The average Bonchev–Trinajstić information content (AvgIpc) is 3.29. The van der Waals surface area contributed by atoms with Gasteiger partial charge >= 0.3 is 0 Å². The first kappa shape index (κ1) is 15.7. The molecule has 3 rings (SSSR count). The molecule has 0 atom stereocenters. The van der Waals surface area contributed by atoms with E-state index in [0.29, 0.717) is 31.3 Å². The number of carbonyl (C=O) groups excluding carboxylic acids is 1. The van der Waals surface area contributed by atoms with Gasteiger partial charge in [-0.1, -0.05) is 11.8 Å². The summed E-state index contributed by atoms with van der Waals surface area (Å²) < 4.78 is 27.3. The molecule has 9 nitrogen and oxygen atoms in total. The highest BCUT2D eigenvalue weighted by Crippen LogP contribution is 2.31. The molecule has 2 aliphatic rings. The molecule has 22 heavy (non-hydrogen) atoms. The minimum absolute atomic E-state index is 0.0172. The molecule has 2 fully saturated rings. The summed E-state index contributed by atoms with van der Waals surface area (Å²) in [5.41, 5.74) is 0. The van der Waals surface area contributed by atoms with Crippen molar-refractivity contribution in [3.8, 4) is 0 Å². The summed E-state index contributed by atoms with van der Waals surface area (Å²) in [6, 6.07) is 0. The first-order valence-electron chi connectivity index (χ1n) is 7.10. The van der Waals surface area contributed by atoms with E-state index in [9.17, 15) is 13.2 Å². The molecule has 0 N–H and O–H groups in total. The highest BCUT2D eigenvalue weighted by Gasteiger charge is 2.41. The van der Waals surface area contributed by atoms with E-state index < -0.39 is 10.0 Å². The summed E-state index contributed by atoms with van der Waals surface area (Å²) in [6.45, 7) is 1.67. The number of nitrogens with zero attached hydrogens (tertiary/aromatic N) is 6. The Labute approximate surface area is 133 Å². The molecule has 1 amide bonds. The topological polar surface area (TPSA) is 101 Å². The number of aryl methyl sites for hydroxylation is 1. The second kappa shape index (κ2) is 6.13. The van der Waals surface area contributed by atoms with Crippen LogP contribution in [0.5, 0.6) is 0 Å². The van der Waals surface area contributed by atoms with Crippen molar-refractivity contribution in [3.63, 3.8) is 0 Å². The van der Waals surface area contributed by atoms with Gasteiger partial charge in [-0.2, -0.15) is 4.31 Å². The lowest BCUT2D eigenvalue weighted by Gasteiger charge is -2.34. The molecular weight excluding hydrogens is 328 g/mol. The maximum atomic E-state index is 12.2. The number of thioether (sulfide) groups is 1. The van der Waals surface area contributed by atoms with Gasteiger partial charge in [-0.25, -0.2) is 13.1 Å². The van der Waals surface area contributed by atoms with Crippen LogP contribution in [0.1, 0.15) is 12.8 Å². The van der Waals surface area contributed by atoms with Gasteiger partial charge in [0.15, 0.2) is 0 Å². The third-order valence-corrected chi connectivity index (χ3v) is 7.20. The Balaban J connectivity index is 1.48. The molecule has 1 aromatic heterocycles. The summed E-state index contributed by atoms with van der Waals surface area (Å²) in [5, 5.41) is 11.4. The van der Waals surface area contributed by atoms with Crippen LogP contribution in [0.3, 0.4) is 0 Å². The summed E-state index contributed by atoms with van der Waals surface area (Å²) in [7, 11) is -1.41. The van der Waals surface area contributed by atoms with E-state index in [1.54, 1.807) is 11.9 Å². The lowest BCUT2D eigenvalue weighted by molar-refractivity contribution is -0.129. The number of tetrazole rings is 1. The first-order chi connectivity index (χ1) is 10.5. The maximum absolute atomic E-state index is 12.2. The normalized spacial score (nSPS) is 20.3. The highest BCUT2D eigenvalue weighted by atomic mass is 32.2. The largest absolute Gasteiger partial charge is 0.339 e. The quantitative estimate of drug-likeness (QED) is 0.626. The van der Waals surface area contributed by atoms with Gasteiger partial charge < -0.3 is 4.90 Å². The molecule has 122 valence electrons. The van der Waals surface area contributed by atoms with E-state index in [4.69, 9.17) is 0 Å². The van der Waals surface area contributed by atoms with Crippen molar-refractivity contribution in [1.29, 1.82) is 0 Å². The molecule has 1 aromatic rings. The molecule has 11 heteroatoms. The van der Waals surface area contributed by atoms with Gasteiger partial charge in [0.05, 0.1) is 11.0 Å². The van der Waals surface area contributed by atoms with Crippen LogP contribution in [-0.2, 0) is 21.9 Å². The third-order valence-electron chi connectivity index (χ3n) is 3.80. The van der Waals surface area contributed by atoms with Gasteiger partial charge in [0.25, 0.3) is 0 Å². The lowest BCUT2D eigenvalue weighted by atomic mass is 10.3. The zero-order valence-electron chi connectivity index (χ0n) is 12.3. The van der Waals surface area contributed by atoms with Crippen LogP contribution >= 0.6 is 11.8 Å². The van der Waals surface area contributed by atoms with Crippen LogP contribution in [0, 0.1) is 0 Å². The van der Waals surface area contributed by atoms with Crippen molar-refractivity contribution in [1.82, 2.24) is 29.4 Å². The van der Waals surface area contributed by atoms with Gasteiger partial charge in [-0.3, -0.25) is 4.79 Å². The average molecular weight is 346 g/mol. The Bertz CT molecular complexity index is 649. The van der Waals surface area contributed by atoms with E-state index in [-0.39, 0.29) is 16.9 Å². The number of aromatic nitrogens is 4. The molecule has 0 spiro atoms. The summed E-state index contributed by atoms with van der Waals surface area (Å²) in [5.74, 6) is 0.236. The van der Waals surface area contributed by atoms with Crippen molar-refractivity contribution in [3.05, 3.63) is 0 Å². The third kappa shape index (κ3) is 3.25. The smallest absolute Gasteiger partial charge is 0.233 e. The minimum Gasteiger partial charge on any atom is -0.339 e. The SMILES string of the molecule is Cn1nnnc1SCC(=O)N1CCN(S(=O)(=O)C2CC2)CC1. The number of rotatable bonds is 5. The fraction of sp³-hybridized carbons (Fsp3) is 0.818. The lowest BCUT2D eigenvalue weighted by Crippen LogP contribution is -2.51. The fourth-order valence-electron chi connectivity index (χ4n) is 2.33. The Morgan fingerprint density at radius 1 is 1.27 bits per heavy atom. The van der Waals surface area contributed by atoms with Crippen molar-refractivity contribution >= 4 is 27.7 Å². The number of hydrogen-bond donors (Lipinski definition) is 0. The summed E-state index contributed by atoms with van der Waals surface area (Å²) in [6.07, 6.45) is 1.54. The molecule has 0 radical (unpaired) electrons. The fourth-order valence-corrected chi connectivity index (χ4v) is 4.91. The Hall–Kier alpha value is -1.20. The van der Waals surface area contributed by atoms with Crippen molar-refractivity contribution < 1.29 is 13.2 Å². The van der Waals surface area contributed by atoms with Crippen LogP contribution in [-0.4, -0.2) is 80.9 Å².